The molecular formula is C46H70O3S. The molecule has 0 spiro atoms. The van der Waals surface area contributed by atoms with E-state index in [-0.39, 0.29) is 0 Å². The van der Waals surface area contributed by atoms with E-state index in [4.69, 9.17) is 4.18 Å². The molecule has 0 radical (unpaired) electrons. The minimum absolute atomic E-state index is 0.933. The fraction of sp³-hybridized carbons (Fsp3) is 0.587. The van der Waals surface area contributed by atoms with E-state index in [0.29, 0.717) is 0 Å². The number of carbonyl (C=O) groups is 1. The van der Waals surface area contributed by atoms with Gasteiger partial charge in [0.05, 0.1) is 0 Å². The normalized spacial score (nSPS) is 11.9. The smallest absolute Gasteiger partial charge is 0.449 e. The fourth-order valence-corrected chi connectivity index (χ4v) is 9.94. The molecule has 3 rings (SSSR count). The van der Waals surface area contributed by atoms with E-state index in [1.165, 1.54) is 152 Å². The Kier molecular flexibility index (Phi) is 21.1. The van der Waals surface area contributed by atoms with Gasteiger partial charge in [-0.2, -0.15) is 0 Å². The molecule has 0 amide bonds. The van der Waals surface area contributed by atoms with Gasteiger partial charge in [0.15, 0.2) is 0 Å². The van der Waals surface area contributed by atoms with E-state index in [1.54, 1.807) is 0 Å². The molecule has 3 aromatic carbocycles. The van der Waals surface area contributed by atoms with Gasteiger partial charge in [0.25, 0.3) is 0 Å². The molecule has 278 valence electrons. The Balaban J connectivity index is 1.80. The number of benzene rings is 3. The van der Waals surface area contributed by atoms with Crippen molar-refractivity contribution >= 4 is 16.5 Å². The third-order valence-corrected chi connectivity index (χ3v) is 13.4. The molecule has 0 heterocycles. The third kappa shape index (κ3) is 14.9. The van der Waals surface area contributed by atoms with Crippen molar-refractivity contribution in [3.63, 3.8) is 0 Å². The molecule has 0 fully saturated rings. The summed E-state index contributed by atoms with van der Waals surface area (Å²) in [4.78, 5) is 15.3. The summed E-state index contributed by atoms with van der Waals surface area (Å²) in [6, 6.07) is 26.0. The molecule has 0 saturated heterocycles. The molecule has 0 atom stereocenters. The van der Waals surface area contributed by atoms with E-state index >= 15 is 0 Å². The molecule has 0 aromatic heterocycles. The van der Waals surface area contributed by atoms with Crippen molar-refractivity contribution in [1.82, 2.24) is 0 Å². The van der Waals surface area contributed by atoms with Gasteiger partial charge in [-0.25, -0.2) is 4.79 Å². The minimum atomic E-state index is -2.50. The molecule has 0 unspecified atom stereocenters. The van der Waals surface area contributed by atoms with Crippen LogP contribution >= 0.6 is 10.3 Å². The third-order valence-electron chi connectivity index (χ3n) is 10.2. The van der Waals surface area contributed by atoms with Crippen LogP contribution in [0.3, 0.4) is 0 Å². The molecule has 3 nitrogen and oxygen atoms in total. The van der Waals surface area contributed by atoms with E-state index in [9.17, 15) is 9.90 Å². The SMILES string of the molecule is CCCCCCCCCc1ccc(S(OC(=O)O)(c2ccc(CCCCCCCCC)cc2)c2ccc(CCCCCCCCC)cc2)cc1. The van der Waals surface area contributed by atoms with Gasteiger partial charge in [-0.15, -0.1) is 0 Å². The van der Waals surface area contributed by atoms with E-state index in [0.717, 1.165) is 33.9 Å². The average molecular weight is 703 g/mol. The Bertz CT molecular complexity index is 1130. The molecule has 0 aliphatic carbocycles. The lowest BCUT2D eigenvalue weighted by Gasteiger charge is -2.39. The largest absolute Gasteiger partial charge is 0.517 e. The summed E-state index contributed by atoms with van der Waals surface area (Å²) in [5.41, 5.74) is 3.92. The first-order valence-electron chi connectivity index (χ1n) is 20.6. The Labute approximate surface area is 308 Å². The van der Waals surface area contributed by atoms with Crippen molar-refractivity contribution in [2.45, 2.75) is 190 Å². The first kappa shape index (κ1) is 41.7. The van der Waals surface area contributed by atoms with Gasteiger partial charge >= 0.3 is 6.16 Å². The summed E-state index contributed by atoms with van der Waals surface area (Å²) in [5, 5.41) is 10.3. The highest BCUT2D eigenvalue weighted by molar-refractivity contribution is 8.30. The fourth-order valence-electron chi connectivity index (χ4n) is 7.06. The number of hydrogen-bond donors (Lipinski definition) is 1. The molecular weight excluding hydrogens is 633 g/mol. The summed E-state index contributed by atoms with van der Waals surface area (Å²) < 4.78 is 6.15. The zero-order chi connectivity index (χ0) is 35.7. The second-order valence-corrected chi connectivity index (χ2v) is 17.1. The Morgan fingerprint density at radius 2 is 0.660 bits per heavy atom. The maximum absolute atomic E-state index is 12.5. The first-order chi connectivity index (χ1) is 24.5. The van der Waals surface area contributed by atoms with E-state index in [2.05, 4.69) is 93.6 Å². The zero-order valence-electron chi connectivity index (χ0n) is 32.1. The summed E-state index contributed by atoms with van der Waals surface area (Å²) in [7, 11) is -2.50. The molecule has 50 heavy (non-hydrogen) atoms. The highest BCUT2D eigenvalue weighted by Crippen LogP contribution is 2.69. The maximum atomic E-state index is 12.5. The summed E-state index contributed by atoms with van der Waals surface area (Å²) >= 11 is 0. The number of carboxylic acid groups (broad SMARTS) is 1. The quantitative estimate of drug-likeness (QED) is 0.0766. The van der Waals surface area contributed by atoms with Gasteiger partial charge in [0.1, 0.15) is 0 Å². The monoisotopic (exact) mass is 703 g/mol. The van der Waals surface area contributed by atoms with Crippen molar-refractivity contribution in [3.8, 4) is 0 Å². The molecule has 3 aromatic rings. The van der Waals surface area contributed by atoms with Crippen LogP contribution < -0.4 is 0 Å². The van der Waals surface area contributed by atoms with Crippen molar-refractivity contribution < 1.29 is 14.1 Å². The van der Waals surface area contributed by atoms with Gasteiger partial charge in [0.2, 0.25) is 0 Å². The van der Waals surface area contributed by atoms with Gasteiger partial charge in [-0.05, 0) is 102 Å². The summed E-state index contributed by atoms with van der Waals surface area (Å²) in [6.07, 6.45) is 29.1. The van der Waals surface area contributed by atoms with Crippen LogP contribution in [0, 0.1) is 0 Å². The lowest BCUT2D eigenvalue weighted by Crippen LogP contribution is -2.12. The van der Waals surface area contributed by atoms with Crippen LogP contribution in [0.1, 0.15) is 172 Å². The van der Waals surface area contributed by atoms with Crippen LogP contribution in [0.15, 0.2) is 87.5 Å². The first-order valence-corrected chi connectivity index (χ1v) is 22.1. The highest BCUT2D eigenvalue weighted by Gasteiger charge is 2.36. The lowest BCUT2D eigenvalue weighted by molar-refractivity contribution is 0.150. The topological polar surface area (TPSA) is 46.5 Å². The second kappa shape index (κ2) is 25.3. The van der Waals surface area contributed by atoms with Gasteiger partial charge < -0.3 is 9.29 Å². The van der Waals surface area contributed by atoms with Crippen LogP contribution in [-0.2, 0) is 23.4 Å². The number of rotatable bonds is 28. The van der Waals surface area contributed by atoms with Gasteiger partial charge in [-0.1, -0.05) is 173 Å². The van der Waals surface area contributed by atoms with Crippen molar-refractivity contribution in [1.29, 1.82) is 0 Å². The predicted octanol–water partition coefficient (Wildman–Crippen LogP) is 15.5. The lowest BCUT2D eigenvalue weighted by atomic mass is 10.0. The average Bonchev–Trinajstić information content (AvgIpc) is 3.13. The van der Waals surface area contributed by atoms with E-state index in [1.807, 2.05) is 0 Å². The van der Waals surface area contributed by atoms with Crippen molar-refractivity contribution in [3.05, 3.63) is 89.5 Å². The van der Waals surface area contributed by atoms with Crippen LogP contribution in [0.5, 0.6) is 0 Å². The summed E-state index contributed by atoms with van der Waals surface area (Å²) in [5.74, 6) is 0. The minimum Gasteiger partial charge on any atom is -0.449 e. The molecule has 0 aliphatic heterocycles. The molecule has 4 heteroatoms. The van der Waals surface area contributed by atoms with Crippen LogP contribution in [-0.4, -0.2) is 11.3 Å². The standard InChI is InChI=1S/C46H70O3S/c1-4-7-10-13-16-19-22-25-40-28-34-43(35-29-40)50(49-46(47)48,44-36-30-41(31-37-44)26-23-20-17-14-11-8-5-2)45-38-32-42(33-39-45)27-24-21-18-15-12-9-6-3/h28-39H,4-27H2,1-3H3,(H,47,48). The number of unbranched alkanes of at least 4 members (excludes halogenated alkanes) is 18. The Morgan fingerprint density at radius 1 is 0.420 bits per heavy atom. The number of aryl methyl sites for hydroxylation is 3. The Hall–Kier alpha value is -2.72. The van der Waals surface area contributed by atoms with Crippen LogP contribution in [0.4, 0.5) is 4.79 Å². The van der Waals surface area contributed by atoms with Crippen LogP contribution in [0.25, 0.3) is 0 Å². The van der Waals surface area contributed by atoms with Crippen molar-refractivity contribution in [2.75, 3.05) is 0 Å². The maximum Gasteiger partial charge on any atom is 0.517 e. The zero-order valence-corrected chi connectivity index (χ0v) is 32.9. The molecule has 0 bridgehead atoms. The highest BCUT2D eigenvalue weighted by atomic mass is 32.3. The second-order valence-electron chi connectivity index (χ2n) is 14.5. The Morgan fingerprint density at radius 3 is 0.900 bits per heavy atom. The summed E-state index contributed by atoms with van der Waals surface area (Å²) in [6.45, 7) is 6.80. The van der Waals surface area contributed by atoms with E-state index < -0.39 is 16.5 Å². The molecule has 1 N–H and O–H groups in total. The van der Waals surface area contributed by atoms with Crippen molar-refractivity contribution in [2.24, 2.45) is 0 Å². The molecule has 0 saturated carbocycles. The molecule has 0 aliphatic rings. The van der Waals surface area contributed by atoms with Gasteiger partial charge in [-0.3, -0.25) is 0 Å². The number of hydrogen-bond acceptors (Lipinski definition) is 2. The van der Waals surface area contributed by atoms with Gasteiger partial charge in [0, 0.05) is 14.7 Å². The van der Waals surface area contributed by atoms with Crippen LogP contribution in [0.2, 0.25) is 0 Å². The predicted molar refractivity (Wildman–Crippen MR) is 216 cm³/mol.